The number of carbonyl (C=O) groups excluding carboxylic acids is 2. The van der Waals surface area contributed by atoms with E-state index in [0.717, 1.165) is 36.8 Å². The Balaban J connectivity index is 1.77. The van der Waals surface area contributed by atoms with E-state index in [-0.39, 0.29) is 37.4 Å². The molecule has 1 N–H and O–H groups in total. The Labute approximate surface area is 236 Å². The third-order valence-electron chi connectivity index (χ3n) is 7.01. The molecule has 208 valence electrons. The van der Waals surface area contributed by atoms with Crippen molar-refractivity contribution in [3.63, 3.8) is 0 Å². The predicted molar refractivity (Wildman–Crippen MR) is 154 cm³/mol. The molecule has 0 saturated heterocycles. The Morgan fingerprint density at radius 3 is 2.39 bits per heavy atom. The monoisotopic (exact) mass is 581 g/mol. The van der Waals surface area contributed by atoms with E-state index in [2.05, 4.69) is 5.32 Å². The van der Waals surface area contributed by atoms with Crippen molar-refractivity contribution >= 4 is 50.7 Å². The fourth-order valence-corrected chi connectivity index (χ4v) is 6.26. The van der Waals surface area contributed by atoms with Crippen LogP contribution in [0.15, 0.2) is 36.4 Å². The lowest BCUT2D eigenvalue weighted by Crippen LogP contribution is -2.49. The van der Waals surface area contributed by atoms with Crippen molar-refractivity contribution in [2.24, 2.45) is 0 Å². The van der Waals surface area contributed by atoms with Gasteiger partial charge in [0, 0.05) is 35.6 Å². The number of nitrogens with zero attached hydrogens (tertiary/aromatic N) is 2. The van der Waals surface area contributed by atoms with Crippen LogP contribution < -0.4 is 9.62 Å². The van der Waals surface area contributed by atoms with Crippen LogP contribution in [0, 0.1) is 13.8 Å². The van der Waals surface area contributed by atoms with Gasteiger partial charge in [0.1, 0.15) is 6.04 Å². The number of benzene rings is 2. The van der Waals surface area contributed by atoms with Crippen molar-refractivity contribution in [2.75, 3.05) is 17.1 Å². The van der Waals surface area contributed by atoms with E-state index in [4.69, 9.17) is 23.2 Å². The topological polar surface area (TPSA) is 86.8 Å². The van der Waals surface area contributed by atoms with Gasteiger partial charge >= 0.3 is 0 Å². The summed E-state index contributed by atoms with van der Waals surface area (Å²) in [6.07, 6.45) is 5.58. The molecule has 0 spiro atoms. The molecule has 2 aromatic carbocycles. The Kier molecular flexibility index (Phi) is 10.5. The van der Waals surface area contributed by atoms with Gasteiger partial charge in [0.25, 0.3) is 0 Å². The summed E-state index contributed by atoms with van der Waals surface area (Å²) in [5.41, 5.74) is 3.07. The molecule has 38 heavy (non-hydrogen) atoms. The van der Waals surface area contributed by atoms with Crippen LogP contribution in [-0.2, 0) is 26.2 Å². The summed E-state index contributed by atoms with van der Waals surface area (Å²) in [4.78, 5) is 28.1. The first-order chi connectivity index (χ1) is 17.9. The zero-order valence-corrected chi connectivity index (χ0v) is 24.8. The molecule has 0 heterocycles. The number of sulfonamides is 1. The maximum atomic E-state index is 13.5. The standard InChI is InChI=1S/C28H37Cl2N3O4S/c1-19-11-12-20(2)26(16-19)33(38(4,36)37)15-7-10-27(34)32(18-22-13-14-23(29)17-25(22)30)21(3)28(35)31-24-8-5-6-9-24/h11-14,16-17,21,24H,5-10,15,18H2,1-4H3,(H,31,35). The summed E-state index contributed by atoms with van der Waals surface area (Å²) in [5, 5.41) is 3.97. The lowest BCUT2D eigenvalue weighted by atomic mass is 10.1. The largest absolute Gasteiger partial charge is 0.352 e. The number of halogens is 2. The van der Waals surface area contributed by atoms with Crippen molar-refractivity contribution in [2.45, 2.75) is 77.9 Å². The van der Waals surface area contributed by atoms with E-state index in [1.165, 1.54) is 15.5 Å². The number of amides is 2. The molecule has 1 unspecified atom stereocenters. The second-order valence-corrected chi connectivity index (χ2v) is 12.9. The molecular formula is C28H37Cl2N3O4S. The summed E-state index contributed by atoms with van der Waals surface area (Å²) < 4.78 is 26.6. The van der Waals surface area contributed by atoms with Gasteiger partial charge in [-0.1, -0.05) is 54.2 Å². The highest BCUT2D eigenvalue weighted by molar-refractivity contribution is 7.92. The van der Waals surface area contributed by atoms with Crippen molar-refractivity contribution in [1.82, 2.24) is 10.2 Å². The fourth-order valence-electron chi connectivity index (χ4n) is 4.78. The molecule has 1 aliphatic carbocycles. The summed E-state index contributed by atoms with van der Waals surface area (Å²) in [7, 11) is -3.56. The van der Waals surface area contributed by atoms with Gasteiger partial charge in [0.15, 0.2) is 0 Å². The number of nitrogens with one attached hydrogen (secondary N) is 1. The molecule has 2 aromatic rings. The van der Waals surface area contributed by atoms with Crippen LogP contribution in [0.4, 0.5) is 5.69 Å². The molecule has 10 heteroatoms. The predicted octanol–water partition coefficient (Wildman–Crippen LogP) is 5.63. The number of hydrogen-bond donors (Lipinski definition) is 1. The number of rotatable bonds is 11. The van der Waals surface area contributed by atoms with Crippen LogP contribution >= 0.6 is 23.2 Å². The average molecular weight is 583 g/mol. The maximum absolute atomic E-state index is 13.5. The van der Waals surface area contributed by atoms with Crippen molar-refractivity contribution in [1.29, 1.82) is 0 Å². The fraction of sp³-hybridized carbons (Fsp3) is 0.500. The van der Waals surface area contributed by atoms with Crippen LogP contribution in [0.5, 0.6) is 0 Å². The molecule has 1 atom stereocenters. The van der Waals surface area contributed by atoms with E-state index >= 15 is 0 Å². The minimum absolute atomic E-state index is 0.0726. The van der Waals surface area contributed by atoms with Gasteiger partial charge in [-0.3, -0.25) is 13.9 Å². The molecule has 7 nitrogen and oxygen atoms in total. The number of carbonyl (C=O) groups is 2. The van der Waals surface area contributed by atoms with E-state index in [1.54, 1.807) is 25.1 Å². The van der Waals surface area contributed by atoms with Crippen LogP contribution in [0.25, 0.3) is 0 Å². The third kappa shape index (κ3) is 8.10. The van der Waals surface area contributed by atoms with Crippen molar-refractivity contribution < 1.29 is 18.0 Å². The quantitative estimate of drug-likeness (QED) is 0.372. The second kappa shape index (κ2) is 13.2. The van der Waals surface area contributed by atoms with Gasteiger partial charge in [0.2, 0.25) is 21.8 Å². The lowest BCUT2D eigenvalue weighted by molar-refractivity contribution is -0.140. The van der Waals surface area contributed by atoms with Gasteiger partial charge in [-0.05, 0) is 74.9 Å². The highest BCUT2D eigenvalue weighted by Crippen LogP contribution is 2.26. The van der Waals surface area contributed by atoms with E-state index in [0.29, 0.717) is 27.7 Å². The molecular weight excluding hydrogens is 545 g/mol. The minimum Gasteiger partial charge on any atom is -0.352 e. The normalized spacial score (nSPS) is 14.8. The molecule has 0 radical (unpaired) electrons. The highest BCUT2D eigenvalue weighted by atomic mass is 35.5. The Bertz CT molecular complexity index is 1260. The van der Waals surface area contributed by atoms with Gasteiger partial charge in [-0.15, -0.1) is 0 Å². The minimum atomic E-state index is -3.56. The molecule has 0 bridgehead atoms. The second-order valence-electron chi connectivity index (χ2n) is 10.2. The molecule has 1 saturated carbocycles. The summed E-state index contributed by atoms with van der Waals surface area (Å²) in [6, 6.07) is 10.1. The maximum Gasteiger partial charge on any atom is 0.242 e. The summed E-state index contributed by atoms with van der Waals surface area (Å²) in [6.45, 7) is 5.77. The first-order valence-corrected chi connectivity index (χ1v) is 15.6. The van der Waals surface area contributed by atoms with Gasteiger partial charge in [-0.2, -0.15) is 0 Å². The zero-order chi connectivity index (χ0) is 28.0. The number of hydrogen-bond acceptors (Lipinski definition) is 4. The Morgan fingerprint density at radius 2 is 1.76 bits per heavy atom. The SMILES string of the molecule is Cc1ccc(C)c(N(CCCC(=O)N(Cc2ccc(Cl)cc2Cl)C(C)C(=O)NC2CCCC2)S(C)(=O)=O)c1. The molecule has 0 aliphatic heterocycles. The molecule has 1 fully saturated rings. The van der Waals surface area contributed by atoms with Gasteiger partial charge in [-0.25, -0.2) is 8.42 Å². The molecule has 2 amide bonds. The van der Waals surface area contributed by atoms with Crippen LogP contribution in [0.3, 0.4) is 0 Å². The van der Waals surface area contributed by atoms with Gasteiger partial charge < -0.3 is 10.2 Å². The third-order valence-corrected chi connectivity index (χ3v) is 8.78. The van der Waals surface area contributed by atoms with Crippen molar-refractivity contribution in [3.8, 4) is 0 Å². The van der Waals surface area contributed by atoms with Crippen LogP contribution in [-0.4, -0.2) is 50.0 Å². The van der Waals surface area contributed by atoms with Crippen LogP contribution in [0.1, 0.15) is 62.1 Å². The first-order valence-electron chi connectivity index (χ1n) is 13.0. The van der Waals surface area contributed by atoms with Crippen LogP contribution in [0.2, 0.25) is 10.0 Å². The molecule has 1 aliphatic rings. The number of anilines is 1. The first kappa shape index (κ1) is 30.3. The van der Waals surface area contributed by atoms with E-state index in [9.17, 15) is 18.0 Å². The van der Waals surface area contributed by atoms with E-state index in [1.807, 2.05) is 32.0 Å². The smallest absolute Gasteiger partial charge is 0.242 e. The lowest BCUT2D eigenvalue weighted by Gasteiger charge is -2.30. The van der Waals surface area contributed by atoms with E-state index < -0.39 is 16.1 Å². The summed E-state index contributed by atoms with van der Waals surface area (Å²) >= 11 is 12.4. The number of aryl methyl sites for hydroxylation is 2. The summed E-state index contributed by atoms with van der Waals surface area (Å²) in [5.74, 6) is -0.456. The zero-order valence-electron chi connectivity index (χ0n) is 22.5. The van der Waals surface area contributed by atoms with Gasteiger partial charge in [0.05, 0.1) is 11.9 Å². The molecule has 3 rings (SSSR count). The Morgan fingerprint density at radius 1 is 1.08 bits per heavy atom. The highest BCUT2D eigenvalue weighted by Gasteiger charge is 2.29. The average Bonchev–Trinajstić information content (AvgIpc) is 3.35. The molecule has 0 aromatic heterocycles. The van der Waals surface area contributed by atoms with Crippen molar-refractivity contribution in [3.05, 3.63) is 63.1 Å². The Hall–Kier alpha value is -2.29.